The molecule has 10 heteroatoms. The maximum Gasteiger partial charge on any atom is 0.219 e. The van der Waals surface area contributed by atoms with Gasteiger partial charge in [-0.05, 0) is 17.5 Å². The maximum atomic E-state index is 11.6. The molecule has 0 saturated carbocycles. The third kappa shape index (κ3) is 4.62. The van der Waals surface area contributed by atoms with Crippen molar-refractivity contribution in [2.45, 2.75) is 26.0 Å². The summed E-state index contributed by atoms with van der Waals surface area (Å²) in [6, 6.07) is 8.51. The molecule has 10 nitrogen and oxygen atoms in total. The lowest BCUT2D eigenvalue weighted by molar-refractivity contribution is -0.129. The van der Waals surface area contributed by atoms with Crippen LogP contribution in [0.1, 0.15) is 18.1 Å². The van der Waals surface area contributed by atoms with Gasteiger partial charge in [0.1, 0.15) is 17.4 Å². The molecule has 3 N–H and O–H groups in total. The number of carbonyl (C=O) groups excluding carboxylic acids is 1. The van der Waals surface area contributed by atoms with Crippen molar-refractivity contribution in [1.82, 2.24) is 30.0 Å². The topological polar surface area (TPSA) is 114 Å². The van der Waals surface area contributed by atoms with E-state index < -0.39 is 6.10 Å². The molecule has 174 valence electrons. The molecule has 0 bridgehead atoms. The fraction of sp³-hybridized carbons (Fsp3) is 0.478. The monoisotopic (exact) mass is 450 g/mol. The van der Waals surface area contributed by atoms with E-state index in [0.717, 1.165) is 30.8 Å². The van der Waals surface area contributed by atoms with Gasteiger partial charge in [-0.25, -0.2) is 9.97 Å². The third-order valence-corrected chi connectivity index (χ3v) is 6.54. The number of aliphatic hydroxyl groups is 1. The highest BCUT2D eigenvalue weighted by atomic mass is 16.3. The number of fused-ring (bicyclic) bond motifs is 2. The summed E-state index contributed by atoms with van der Waals surface area (Å²) in [6.45, 7) is 7.18. The number of aromatic amines is 1. The van der Waals surface area contributed by atoms with Crippen LogP contribution in [0.2, 0.25) is 0 Å². The number of amides is 1. The number of anilines is 2. The first kappa shape index (κ1) is 21.6. The Morgan fingerprint density at radius 3 is 2.73 bits per heavy atom. The standard InChI is InChI=1S/C23H30N8O2/c1-16(32)30-8-10-31(11-9-30)23-21-20(25-15-26-23)22(28-27-21)24-12-19(33)14-29-7-6-17-4-2-3-5-18(17)13-29/h2-5,15,19,33H,6-14H2,1H3,(H2,24,27,28). The zero-order valence-electron chi connectivity index (χ0n) is 18.9. The predicted molar refractivity (Wildman–Crippen MR) is 126 cm³/mol. The predicted octanol–water partition coefficient (Wildman–Crippen LogP) is 0.853. The van der Waals surface area contributed by atoms with Gasteiger partial charge in [-0.15, -0.1) is 0 Å². The van der Waals surface area contributed by atoms with E-state index in [2.05, 4.69) is 59.5 Å². The summed E-state index contributed by atoms with van der Waals surface area (Å²) < 4.78 is 0. The van der Waals surface area contributed by atoms with Crippen LogP contribution in [-0.2, 0) is 17.8 Å². The van der Waals surface area contributed by atoms with Crippen LogP contribution in [0.15, 0.2) is 30.6 Å². The molecule has 5 rings (SSSR count). The van der Waals surface area contributed by atoms with Crippen molar-refractivity contribution in [3.8, 4) is 0 Å². The highest BCUT2D eigenvalue weighted by Gasteiger charge is 2.23. The normalized spacial score (nSPS) is 17.8. The summed E-state index contributed by atoms with van der Waals surface area (Å²) in [5.41, 5.74) is 4.21. The van der Waals surface area contributed by atoms with Crippen LogP contribution in [0.4, 0.5) is 11.6 Å². The van der Waals surface area contributed by atoms with Crippen molar-refractivity contribution in [3.05, 3.63) is 41.7 Å². The number of aliphatic hydroxyl groups excluding tert-OH is 1. The molecule has 0 spiro atoms. The number of hydrogen-bond acceptors (Lipinski definition) is 8. The quantitative estimate of drug-likeness (QED) is 0.507. The molecule has 33 heavy (non-hydrogen) atoms. The zero-order valence-corrected chi connectivity index (χ0v) is 18.9. The molecule has 1 aromatic carbocycles. The summed E-state index contributed by atoms with van der Waals surface area (Å²) in [4.78, 5) is 26.7. The van der Waals surface area contributed by atoms with Crippen LogP contribution in [0.25, 0.3) is 11.0 Å². The van der Waals surface area contributed by atoms with Crippen molar-refractivity contribution < 1.29 is 9.90 Å². The second-order valence-electron chi connectivity index (χ2n) is 8.77. The molecule has 1 fully saturated rings. The zero-order chi connectivity index (χ0) is 22.8. The van der Waals surface area contributed by atoms with E-state index in [1.807, 2.05) is 4.90 Å². The summed E-state index contributed by atoms with van der Waals surface area (Å²) in [7, 11) is 0. The molecule has 0 aliphatic carbocycles. The second-order valence-corrected chi connectivity index (χ2v) is 8.77. The molecule has 2 aliphatic rings. The number of rotatable bonds is 6. The highest BCUT2D eigenvalue weighted by Crippen LogP contribution is 2.26. The van der Waals surface area contributed by atoms with Crippen molar-refractivity contribution >= 4 is 28.6 Å². The SMILES string of the molecule is CC(=O)N1CCN(c2ncnc3c(NCC(O)CN4CCc5ccccc5C4)n[nH]c23)CC1. The molecule has 3 aromatic rings. The molecular formula is C23H30N8O2. The Kier molecular flexibility index (Phi) is 6.10. The van der Waals surface area contributed by atoms with E-state index in [9.17, 15) is 9.90 Å². The maximum absolute atomic E-state index is 11.6. The smallest absolute Gasteiger partial charge is 0.219 e. The van der Waals surface area contributed by atoms with Crippen LogP contribution in [0.5, 0.6) is 0 Å². The molecule has 1 saturated heterocycles. The van der Waals surface area contributed by atoms with Gasteiger partial charge in [0.15, 0.2) is 11.6 Å². The van der Waals surface area contributed by atoms with Gasteiger partial charge in [0, 0.05) is 59.3 Å². The van der Waals surface area contributed by atoms with E-state index in [1.165, 1.54) is 17.5 Å². The Balaban J connectivity index is 1.20. The third-order valence-electron chi connectivity index (χ3n) is 6.54. The minimum absolute atomic E-state index is 0.0998. The number of aromatic nitrogens is 4. The van der Waals surface area contributed by atoms with E-state index >= 15 is 0 Å². The number of β-amino-alcohol motifs (C(OH)–C–C–N with tert-alkyl or cyclic N) is 1. The van der Waals surface area contributed by atoms with E-state index in [4.69, 9.17) is 0 Å². The molecule has 0 radical (unpaired) electrons. The van der Waals surface area contributed by atoms with Gasteiger partial charge >= 0.3 is 0 Å². The molecular weight excluding hydrogens is 420 g/mol. The lowest BCUT2D eigenvalue weighted by Crippen LogP contribution is -2.48. The molecule has 4 heterocycles. The Bertz CT molecular complexity index is 1120. The summed E-state index contributed by atoms with van der Waals surface area (Å²) in [6.07, 6.45) is 2.03. The van der Waals surface area contributed by atoms with Gasteiger partial charge in [0.2, 0.25) is 5.91 Å². The van der Waals surface area contributed by atoms with Crippen molar-refractivity contribution in [3.63, 3.8) is 0 Å². The summed E-state index contributed by atoms with van der Waals surface area (Å²) in [5, 5.41) is 21.3. The lowest BCUT2D eigenvalue weighted by Gasteiger charge is -2.34. The molecule has 1 atom stereocenters. The fourth-order valence-corrected chi connectivity index (χ4v) is 4.71. The average Bonchev–Trinajstić information content (AvgIpc) is 3.26. The molecule has 2 aromatic heterocycles. The van der Waals surface area contributed by atoms with Crippen molar-refractivity contribution in [1.29, 1.82) is 0 Å². The van der Waals surface area contributed by atoms with E-state index in [0.29, 0.717) is 50.6 Å². The van der Waals surface area contributed by atoms with Gasteiger partial charge in [0.25, 0.3) is 0 Å². The number of carbonyl (C=O) groups is 1. The number of benzene rings is 1. The Hall–Kier alpha value is -3.24. The van der Waals surface area contributed by atoms with Crippen molar-refractivity contribution in [2.24, 2.45) is 0 Å². The van der Waals surface area contributed by atoms with Crippen LogP contribution in [0.3, 0.4) is 0 Å². The van der Waals surface area contributed by atoms with Gasteiger partial charge < -0.3 is 20.2 Å². The van der Waals surface area contributed by atoms with E-state index in [1.54, 1.807) is 6.92 Å². The lowest BCUT2D eigenvalue weighted by atomic mass is 10.00. The average molecular weight is 451 g/mol. The fourth-order valence-electron chi connectivity index (χ4n) is 4.71. The Morgan fingerprint density at radius 1 is 1.15 bits per heavy atom. The minimum Gasteiger partial charge on any atom is -0.390 e. The number of hydrogen-bond donors (Lipinski definition) is 3. The van der Waals surface area contributed by atoms with Crippen molar-refractivity contribution in [2.75, 3.05) is 56.0 Å². The van der Waals surface area contributed by atoms with Crippen LogP contribution >= 0.6 is 0 Å². The number of nitrogens with zero attached hydrogens (tertiary/aromatic N) is 6. The molecule has 1 unspecified atom stereocenters. The van der Waals surface area contributed by atoms with Crippen LogP contribution in [-0.4, -0.2) is 92.9 Å². The number of piperazine rings is 1. The Labute approximate surface area is 192 Å². The summed E-state index contributed by atoms with van der Waals surface area (Å²) in [5.74, 6) is 1.50. The van der Waals surface area contributed by atoms with Gasteiger partial charge in [-0.3, -0.25) is 14.8 Å². The highest BCUT2D eigenvalue weighted by molar-refractivity contribution is 5.93. The minimum atomic E-state index is -0.525. The first-order chi connectivity index (χ1) is 16.1. The largest absolute Gasteiger partial charge is 0.390 e. The second kappa shape index (κ2) is 9.32. The first-order valence-corrected chi connectivity index (χ1v) is 11.5. The Morgan fingerprint density at radius 2 is 1.94 bits per heavy atom. The molecule has 2 aliphatic heterocycles. The van der Waals surface area contributed by atoms with Gasteiger partial charge in [-0.2, -0.15) is 5.10 Å². The molecule has 1 amide bonds. The van der Waals surface area contributed by atoms with Gasteiger partial charge in [-0.1, -0.05) is 24.3 Å². The van der Waals surface area contributed by atoms with Crippen LogP contribution < -0.4 is 10.2 Å². The van der Waals surface area contributed by atoms with Crippen LogP contribution in [0, 0.1) is 0 Å². The van der Waals surface area contributed by atoms with Gasteiger partial charge in [0.05, 0.1) is 6.10 Å². The summed E-state index contributed by atoms with van der Waals surface area (Å²) >= 11 is 0. The first-order valence-electron chi connectivity index (χ1n) is 11.5. The van der Waals surface area contributed by atoms with E-state index in [-0.39, 0.29) is 5.91 Å². The number of nitrogens with one attached hydrogen (secondary N) is 2. The number of H-pyrrole nitrogens is 1.